The van der Waals surface area contributed by atoms with E-state index in [-0.39, 0.29) is 22.6 Å². The fourth-order valence-corrected chi connectivity index (χ4v) is 4.88. The van der Waals surface area contributed by atoms with E-state index in [0.717, 1.165) is 42.3 Å². The van der Waals surface area contributed by atoms with Gasteiger partial charge in [0.2, 0.25) is 0 Å². The summed E-state index contributed by atoms with van der Waals surface area (Å²) in [6.07, 6.45) is -5.26. The van der Waals surface area contributed by atoms with Crippen LogP contribution in [0.4, 0.5) is 32.2 Å². The summed E-state index contributed by atoms with van der Waals surface area (Å²) in [5.41, 5.74) is 0.140. The van der Waals surface area contributed by atoms with Gasteiger partial charge in [0.15, 0.2) is 23.0 Å². The second kappa shape index (κ2) is 8.68. The van der Waals surface area contributed by atoms with Crippen LogP contribution in [0, 0.1) is 17.5 Å². The van der Waals surface area contributed by atoms with Crippen molar-refractivity contribution in [3.63, 3.8) is 0 Å². The largest absolute Gasteiger partial charge is 0.493 e. The summed E-state index contributed by atoms with van der Waals surface area (Å²) in [7, 11) is 1.15. The van der Waals surface area contributed by atoms with Crippen LogP contribution in [-0.4, -0.2) is 39.7 Å². The van der Waals surface area contributed by atoms with Crippen LogP contribution in [0.2, 0.25) is 0 Å². The molecule has 1 aromatic heterocycles. The van der Waals surface area contributed by atoms with Gasteiger partial charge in [0.05, 0.1) is 19.3 Å². The third-order valence-corrected chi connectivity index (χ3v) is 6.48. The van der Waals surface area contributed by atoms with Gasteiger partial charge in [-0.25, -0.2) is 17.9 Å². The summed E-state index contributed by atoms with van der Waals surface area (Å²) in [5.74, 6) is -4.69. The number of rotatable bonds is 4. The Kier molecular flexibility index (Phi) is 6.18. The smallest absolute Gasteiger partial charge is 0.419 e. The summed E-state index contributed by atoms with van der Waals surface area (Å²) >= 11 is 0. The Bertz CT molecular complexity index is 1390. The molecule has 4 N–H and O–H groups in total. The highest BCUT2D eigenvalue weighted by Crippen LogP contribution is 2.55. The summed E-state index contributed by atoms with van der Waals surface area (Å²) in [5, 5.41) is 16.9. The zero-order valence-corrected chi connectivity index (χ0v) is 19.8. The minimum absolute atomic E-state index is 0.0475. The van der Waals surface area contributed by atoms with Gasteiger partial charge in [-0.1, -0.05) is 19.9 Å². The van der Waals surface area contributed by atoms with Crippen LogP contribution in [0.3, 0.4) is 0 Å². The molecule has 1 aliphatic rings. The third kappa shape index (κ3) is 4.16. The summed E-state index contributed by atoms with van der Waals surface area (Å²) < 4.78 is 90.7. The van der Waals surface area contributed by atoms with Crippen LogP contribution in [0.25, 0.3) is 5.69 Å². The molecule has 198 valence electrons. The van der Waals surface area contributed by atoms with Crippen molar-refractivity contribution in [3.8, 4) is 11.4 Å². The average Bonchev–Trinajstić information content (AvgIpc) is 3.16. The molecule has 0 aliphatic heterocycles. The molecule has 1 amide bonds. The SMILES string of the molecule is COc1c(F)ccc2c1C(C)(C)CC(O)(C(F)(F)F)C2NC(=O)c1cnn(-c2ccc(F)cc2F)c1N. The number of hydrogen-bond acceptors (Lipinski definition) is 5. The van der Waals surface area contributed by atoms with Crippen LogP contribution >= 0.6 is 0 Å². The molecule has 0 spiro atoms. The van der Waals surface area contributed by atoms with Gasteiger partial charge in [0.1, 0.15) is 22.9 Å². The minimum Gasteiger partial charge on any atom is -0.493 e. The zero-order valence-electron chi connectivity index (χ0n) is 19.8. The number of benzene rings is 2. The van der Waals surface area contributed by atoms with Crippen molar-refractivity contribution in [1.29, 1.82) is 0 Å². The Morgan fingerprint density at radius 3 is 2.46 bits per heavy atom. The maximum atomic E-state index is 14.5. The fourth-order valence-electron chi connectivity index (χ4n) is 4.88. The fraction of sp³-hybridized carbons (Fsp3) is 0.333. The lowest BCUT2D eigenvalue weighted by molar-refractivity contribution is -0.280. The summed E-state index contributed by atoms with van der Waals surface area (Å²) in [6, 6.07) is 2.32. The van der Waals surface area contributed by atoms with E-state index in [0.29, 0.717) is 6.07 Å². The van der Waals surface area contributed by atoms with Gasteiger partial charge >= 0.3 is 6.18 Å². The summed E-state index contributed by atoms with van der Waals surface area (Å²) in [6.45, 7) is 2.78. The van der Waals surface area contributed by atoms with Gasteiger partial charge in [0.25, 0.3) is 5.91 Å². The second-order valence-corrected chi connectivity index (χ2v) is 9.39. The van der Waals surface area contributed by atoms with Crippen molar-refractivity contribution in [2.75, 3.05) is 12.8 Å². The normalized spacial score (nSPS) is 20.9. The van der Waals surface area contributed by atoms with Gasteiger partial charge < -0.3 is 20.9 Å². The number of aliphatic hydroxyl groups is 1. The van der Waals surface area contributed by atoms with Gasteiger partial charge in [-0.05, 0) is 35.6 Å². The molecule has 0 radical (unpaired) electrons. The maximum Gasteiger partial charge on any atom is 0.419 e. The molecule has 0 bridgehead atoms. The number of nitrogens with one attached hydrogen (secondary N) is 1. The molecule has 2 aromatic carbocycles. The summed E-state index contributed by atoms with van der Waals surface area (Å²) in [4.78, 5) is 13.1. The number of carbonyl (C=O) groups is 1. The van der Waals surface area contributed by atoms with E-state index in [1.54, 1.807) is 0 Å². The first-order valence-electron chi connectivity index (χ1n) is 10.9. The molecule has 2 atom stereocenters. The van der Waals surface area contributed by atoms with Crippen LogP contribution < -0.4 is 15.8 Å². The van der Waals surface area contributed by atoms with Crippen LogP contribution in [0.5, 0.6) is 5.75 Å². The second-order valence-electron chi connectivity index (χ2n) is 9.39. The Labute approximate surface area is 206 Å². The van der Waals surface area contributed by atoms with E-state index >= 15 is 0 Å². The number of ether oxygens (including phenoxy) is 1. The molecular formula is C24H22F6N4O3. The highest BCUT2D eigenvalue weighted by Gasteiger charge is 2.64. The average molecular weight is 528 g/mol. The van der Waals surface area contributed by atoms with Gasteiger partial charge in [0, 0.05) is 11.6 Å². The Balaban J connectivity index is 1.82. The lowest BCUT2D eigenvalue weighted by Gasteiger charge is -2.48. The third-order valence-electron chi connectivity index (χ3n) is 6.48. The molecule has 0 saturated heterocycles. The number of methoxy groups -OCH3 is 1. The maximum absolute atomic E-state index is 14.5. The van der Waals surface area contributed by atoms with E-state index in [1.165, 1.54) is 13.8 Å². The predicted molar refractivity (Wildman–Crippen MR) is 120 cm³/mol. The number of nitrogen functional groups attached to an aromatic ring is 1. The Hall–Kier alpha value is -3.74. The number of alkyl halides is 3. The molecular weight excluding hydrogens is 506 g/mol. The molecule has 3 aromatic rings. The number of anilines is 1. The first-order chi connectivity index (χ1) is 17.1. The van der Waals surface area contributed by atoms with Crippen molar-refractivity contribution in [3.05, 3.63) is 70.7 Å². The molecule has 4 rings (SSSR count). The molecule has 7 nitrogen and oxygen atoms in total. The van der Waals surface area contributed by atoms with Gasteiger partial charge in [-0.2, -0.15) is 18.3 Å². The molecule has 37 heavy (non-hydrogen) atoms. The highest BCUT2D eigenvalue weighted by atomic mass is 19.4. The van der Waals surface area contributed by atoms with Crippen molar-refractivity contribution >= 4 is 11.7 Å². The van der Waals surface area contributed by atoms with Gasteiger partial charge in [-0.15, -0.1) is 0 Å². The predicted octanol–water partition coefficient (Wildman–Crippen LogP) is 4.33. The van der Waals surface area contributed by atoms with E-state index in [1.807, 2.05) is 0 Å². The van der Waals surface area contributed by atoms with Crippen molar-refractivity contribution < 1.29 is 41.0 Å². The minimum atomic E-state index is -5.21. The number of aromatic nitrogens is 2. The number of amides is 1. The Morgan fingerprint density at radius 1 is 1.19 bits per heavy atom. The molecule has 2 unspecified atom stereocenters. The number of nitrogens with two attached hydrogens (primary N) is 1. The van der Waals surface area contributed by atoms with E-state index in [2.05, 4.69) is 10.4 Å². The number of fused-ring (bicyclic) bond motifs is 1. The van der Waals surface area contributed by atoms with E-state index in [9.17, 15) is 36.2 Å². The van der Waals surface area contributed by atoms with E-state index in [4.69, 9.17) is 10.5 Å². The van der Waals surface area contributed by atoms with Crippen molar-refractivity contribution in [2.45, 2.75) is 43.5 Å². The number of carbonyl (C=O) groups excluding carboxylic acids is 1. The topological polar surface area (TPSA) is 102 Å². The molecule has 0 saturated carbocycles. The number of halogens is 6. The van der Waals surface area contributed by atoms with Crippen LogP contribution in [0.1, 0.15) is 47.8 Å². The van der Waals surface area contributed by atoms with Crippen molar-refractivity contribution in [2.24, 2.45) is 0 Å². The first kappa shape index (κ1) is 26.3. The van der Waals surface area contributed by atoms with Crippen LogP contribution in [-0.2, 0) is 5.41 Å². The highest BCUT2D eigenvalue weighted by molar-refractivity contribution is 5.99. The number of nitrogens with zero attached hydrogens (tertiary/aromatic N) is 2. The standard InChI is InChI=1S/C24H22F6N4O3/c1-22(2)10-23(36,24(28,29)30)19(12-5-6-14(26)18(37-3)17(12)22)33-21(35)13-9-32-34(20(13)31)16-7-4-11(25)8-15(16)27/h4-9,19,36H,10,31H2,1-3H3,(H,33,35). The Morgan fingerprint density at radius 2 is 1.86 bits per heavy atom. The van der Waals surface area contributed by atoms with E-state index < -0.39 is 64.4 Å². The van der Waals surface area contributed by atoms with Gasteiger partial charge in [-0.3, -0.25) is 4.79 Å². The molecule has 0 fully saturated rings. The molecule has 13 heteroatoms. The van der Waals surface area contributed by atoms with Crippen LogP contribution in [0.15, 0.2) is 36.5 Å². The molecule has 1 aliphatic carbocycles. The lowest BCUT2D eigenvalue weighted by atomic mass is 9.63. The number of hydrogen-bond donors (Lipinski definition) is 3. The zero-order chi connectivity index (χ0) is 27.5. The molecule has 1 heterocycles. The lowest BCUT2D eigenvalue weighted by Crippen LogP contribution is -2.60. The monoisotopic (exact) mass is 528 g/mol. The van der Waals surface area contributed by atoms with Crippen molar-refractivity contribution in [1.82, 2.24) is 15.1 Å². The quantitative estimate of drug-likeness (QED) is 0.438. The first-order valence-corrected chi connectivity index (χ1v) is 10.9.